The average Bonchev–Trinajstić information content (AvgIpc) is 2.55. The number of rotatable bonds is 9. The van der Waals surface area contributed by atoms with Crippen molar-refractivity contribution in [2.75, 3.05) is 25.5 Å². The predicted octanol–water partition coefficient (Wildman–Crippen LogP) is 1.95. The zero-order chi connectivity index (χ0) is 19.0. The molecule has 0 aliphatic carbocycles. The Balaban J connectivity index is 2.77. The number of amides is 2. The number of anilines is 1. The maximum absolute atomic E-state index is 12.2. The Hall–Kier alpha value is -2.13. The number of carboxylic acid groups (broad SMARTS) is 1. The molecule has 1 aromatic rings. The summed E-state index contributed by atoms with van der Waals surface area (Å²) in [5.41, 5.74) is 0.318. The lowest BCUT2D eigenvalue weighted by Crippen LogP contribution is -2.36. The van der Waals surface area contributed by atoms with E-state index in [9.17, 15) is 18.0 Å². The Morgan fingerprint density at radius 1 is 1.32 bits per heavy atom. The molecule has 1 unspecified atom stereocenters. The van der Waals surface area contributed by atoms with Gasteiger partial charge in [0.15, 0.2) is 0 Å². The highest BCUT2D eigenvalue weighted by Crippen LogP contribution is 2.16. The molecule has 0 aromatic heterocycles. The first kappa shape index (κ1) is 20.9. The highest BCUT2D eigenvalue weighted by Gasteiger charge is 2.18. The molecule has 0 saturated carbocycles. The normalized spacial score (nSPS) is 12.4. The first-order chi connectivity index (χ1) is 11.7. The van der Waals surface area contributed by atoms with Crippen molar-refractivity contribution >= 4 is 27.7 Å². The van der Waals surface area contributed by atoms with Crippen LogP contribution in [-0.4, -0.2) is 50.6 Å². The minimum atomic E-state index is -3.63. The summed E-state index contributed by atoms with van der Waals surface area (Å²) in [7, 11) is -2.16. The van der Waals surface area contributed by atoms with Gasteiger partial charge in [-0.1, -0.05) is 26.3 Å². The Bertz CT molecular complexity index is 705. The number of carboxylic acids is 1. The van der Waals surface area contributed by atoms with Gasteiger partial charge in [-0.3, -0.25) is 4.79 Å². The van der Waals surface area contributed by atoms with E-state index in [1.54, 1.807) is 6.07 Å². The minimum absolute atomic E-state index is 0.0394. The molecule has 0 spiro atoms. The molecule has 25 heavy (non-hydrogen) atoms. The number of carbonyl (C=O) groups excluding carboxylic acids is 1. The molecule has 0 aliphatic rings. The summed E-state index contributed by atoms with van der Waals surface area (Å²) in [4.78, 5) is 24.2. The van der Waals surface area contributed by atoms with E-state index >= 15 is 0 Å². The fraction of sp³-hybridized carbons (Fsp3) is 0.500. The van der Waals surface area contributed by atoms with E-state index in [1.165, 1.54) is 37.1 Å². The molecular weight excluding hydrogens is 346 g/mol. The van der Waals surface area contributed by atoms with E-state index in [1.807, 2.05) is 6.92 Å². The van der Waals surface area contributed by atoms with Crippen molar-refractivity contribution in [3.8, 4) is 0 Å². The minimum Gasteiger partial charge on any atom is -0.481 e. The summed E-state index contributed by atoms with van der Waals surface area (Å²) >= 11 is 0. The van der Waals surface area contributed by atoms with E-state index in [4.69, 9.17) is 5.11 Å². The number of aliphatic carboxylic acids is 1. The number of benzene rings is 1. The van der Waals surface area contributed by atoms with Gasteiger partial charge in [-0.05, 0) is 24.6 Å². The third kappa shape index (κ3) is 6.71. The van der Waals surface area contributed by atoms with E-state index in [0.717, 1.165) is 12.8 Å². The summed E-state index contributed by atoms with van der Waals surface area (Å²) in [5, 5.41) is 11.5. The lowest BCUT2D eigenvalue weighted by Gasteiger charge is -2.20. The van der Waals surface area contributed by atoms with Crippen molar-refractivity contribution in [1.82, 2.24) is 9.62 Å². The molecular formula is C16H25N3O5S. The van der Waals surface area contributed by atoms with Gasteiger partial charge in [0.05, 0.1) is 10.8 Å². The molecule has 2 amide bonds. The molecule has 1 atom stereocenters. The molecule has 0 radical (unpaired) electrons. The van der Waals surface area contributed by atoms with Gasteiger partial charge in [-0.25, -0.2) is 17.9 Å². The second-order valence-corrected chi connectivity index (χ2v) is 7.60. The van der Waals surface area contributed by atoms with Crippen molar-refractivity contribution in [2.24, 2.45) is 5.92 Å². The second kappa shape index (κ2) is 9.38. The largest absolute Gasteiger partial charge is 0.481 e. The van der Waals surface area contributed by atoms with Gasteiger partial charge in [0.1, 0.15) is 0 Å². The molecule has 0 aliphatic heterocycles. The maximum Gasteiger partial charge on any atom is 0.321 e. The molecule has 1 aromatic carbocycles. The van der Waals surface area contributed by atoms with Crippen LogP contribution < -0.4 is 10.0 Å². The maximum atomic E-state index is 12.2. The van der Waals surface area contributed by atoms with Crippen molar-refractivity contribution in [2.45, 2.75) is 31.6 Å². The number of carbonyl (C=O) groups is 2. The fourth-order valence-electron chi connectivity index (χ4n) is 2.00. The first-order valence-electron chi connectivity index (χ1n) is 8.02. The SMILES string of the molecule is CCCCNS(=O)(=O)c1cccc(NC(=O)N(C)CC(C)C(=O)O)c1. The summed E-state index contributed by atoms with van der Waals surface area (Å²) in [6.07, 6.45) is 1.61. The van der Waals surface area contributed by atoms with Gasteiger partial charge < -0.3 is 15.3 Å². The van der Waals surface area contributed by atoms with Crippen LogP contribution in [0.5, 0.6) is 0 Å². The quantitative estimate of drug-likeness (QED) is 0.574. The average molecular weight is 371 g/mol. The summed E-state index contributed by atoms with van der Waals surface area (Å²) in [6, 6.07) is 5.39. The van der Waals surface area contributed by atoms with E-state index in [-0.39, 0.29) is 11.4 Å². The standard InChI is InChI=1S/C16H25N3O5S/c1-4-5-9-17-25(23,24)14-8-6-7-13(10-14)18-16(22)19(3)11-12(2)15(20)21/h6-8,10,12,17H,4-5,9,11H2,1-3H3,(H,18,22)(H,20,21). The Morgan fingerprint density at radius 2 is 2.00 bits per heavy atom. The lowest BCUT2D eigenvalue weighted by molar-refractivity contribution is -0.141. The van der Waals surface area contributed by atoms with Crippen LogP contribution in [0.25, 0.3) is 0 Å². The molecule has 0 bridgehead atoms. The molecule has 9 heteroatoms. The van der Waals surface area contributed by atoms with Crippen LogP contribution in [0.4, 0.5) is 10.5 Å². The van der Waals surface area contributed by atoms with Crippen molar-refractivity contribution in [3.63, 3.8) is 0 Å². The number of nitrogens with zero attached hydrogens (tertiary/aromatic N) is 1. The number of urea groups is 1. The lowest BCUT2D eigenvalue weighted by atomic mass is 10.2. The van der Waals surface area contributed by atoms with Crippen LogP contribution >= 0.6 is 0 Å². The molecule has 0 fully saturated rings. The van der Waals surface area contributed by atoms with Gasteiger partial charge in [0.2, 0.25) is 10.0 Å². The highest BCUT2D eigenvalue weighted by atomic mass is 32.2. The van der Waals surface area contributed by atoms with Crippen LogP contribution in [0.15, 0.2) is 29.2 Å². The van der Waals surface area contributed by atoms with E-state index in [2.05, 4.69) is 10.0 Å². The molecule has 1 rings (SSSR count). The molecule has 3 N–H and O–H groups in total. The predicted molar refractivity (Wildman–Crippen MR) is 95.0 cm³/mol. The summed E-state index contributed by atoms with van der Waals surface area (Å²) in [5.74, 6) is -1.70. The van der Waals surface area contributed by atoms with Gasteiger partial charge in [0.25, 0.3) is 0 Å². The Morgan fingerprint density at radius 3 is 2.60 bits per heavy atom. The van der Waals surface area contributed by atoms with E-state index in [0.29, 0.717) is 12.2 Å². The van der Waals surface area contributed by atoms with Gasteiger partial charge in [0, 0.05) is 25.8 Å². The molecule has 8 nitrogen and oxygen atoms in total. The monoisotopic (exact) mass is 371 g/mol. The topological polar surface area (TPSA) is 116 Å². The van der Waals surface area contributed by atoms with Crippen molar-refractivity contribution in [3.05, 3.63) is 24.3 Å². The van der Waals surface area contributed by atoms with Gasteiger partial charge in [-0.2, -0.15) is 0 Å². The molecule has 0 heterocycles. The smallest absolute Gasteiger partial charge is 0.321 e. The summed E-state index contributed by atoms with van der Waals surface area (Å²) < 4.78 is 26.9. The molecule has 0 saturated heterocycles. The highest BCUT2D eigenvalue weighted by molar-refractivity contribution is 7.89. The van der Waals surface area contributed by atoms with Crippen LogP contribution in [0.2, 0.25) is 0 Å². The Kier molecular flexibility index (Phi) is 7.85. The zero-order valence-electron chi connectivity index (χ0n) is 14.7. The third-order valence-corrected chi connectivity index (χ3v) is 4.99. The number of sulfonamides is 1. The van der Waals surface area contributed by atoms with E-state index < -0.39 is 27.9 Å². The number of hydrogen-bond donors (Lipinski definition) is 3. The number of unbranched alkanes of at least 4 members (excludes halogenated alkanes) is 1. The van der Waals surface area contributed by atoms with Crippen LogP contribution in [-0.2, 0) is 14.8 Å². The Labute approximate surface area is 148 Å². The summed E-state index contributed by atoms with van der Waals surface area (Å²) in [6.45, 7) is 3.86. The van der Waals surface area contributed by atoms with Crippen LogP contribution in [0, 0.1) is 5.92 Å². The second-order valence-electron chi connectivity index (χ2n) is 5.83. The fourth-order valence-corrected chi connectivity index (χ4v) is 3.12. The zero-order valence-corrected chi connectivity index (χ0v) is 15.5. The van der Waals surface area contributed by atoms with Crippen molar-refractivity contribution in [1.29, 1.82) is 0 Å². The van der Waals surface area contributed by atoms with Gasteiger partial charge >= 0.3 is 12.0 Å². The first-order valence-corrected chi connectivity index (χ1v) is 9.50. The van der Waals surface area contributed by atoms with Crippen LogP contribution in [0.1, 0.15) is 26.7 Å². The molecule has 140 valence electrons. The van der Waals surface area contributed by atoms with Crippen LogP contribution in [0.3, 0.4) is 0 Å². The van der Waals surface area contributed by atoms with Gasteiger partial charge in [-0.15, -0.1) is 0 Å². The van der Waals surface area contributed by atoms with Crippen molar-refractivity contribution < 1.29 is 23.1 Å². The third-order valence-electron chi connectivity index (χ3n) is 3.53. The number of nitrogens with one attached hydrogen (secondary N) is 2. The number of hydrogen-bond acceptors (Lipinski definition) is 4.